The third-order valence-corrected chi connectivity index (χ3v) is 5.46. The number of benzene rings is 2. The molecule has 1 unspecified atom stereocenters. The summed E-state index contributed by atoms with van der Waals surface area (Å²) in [5.74, 6) is 1.16. The van der Waals surface area contributed by atoms with Crippen LogP contribution < -0.4 is 10.5 Å². The smallest absolute Gasteiger partial charge is 0.126 e. The summed E-state index contributed by atoms with van der Waals surface area (Å²) >= 11 is 9.50. The van der Waals surface area contributed by atoms with E-state index in [4.69, 9.17) is 22.1 Å². The zero-order valence-corrected chi connectivity index (χ0v) is 14.2. The van der Waals surface area contributed by atoms with Gasteiger partial charge in [0.25, 0.3) is 0 Å². The van der Waals surface area contributed by atoms with Gasteiger partial charge in [-0.3, -0.25) is 4.21 Å². The fourth-order valence-electron chi connectivity index (χ4n) is 2.38. The highest BCUT2D eigenvalue weighted by atomic mass is 79.9. The van der Waals surface area contributed by atoms with Crippen LogP contribution in [-0.4, -0.2) is 10.8 Å². The molecule has 0 aliphatic carbocycles. The van der Waals surface area contributed by atoms with E-state index in [1.165, 1.54) is 0 Å². The van der Waals surface area contributed by atoms with E-state index in [1.807, 2.05) is 18.2 Å². The molecule has 2 aromatic rings. The molecule has 1 heterocycles. The standard InChI is InChI=1S/C15H13BrClNO2S/c16-11-1-2-13(18)14(7-11)21(19)8-10-6-12(17)5-9-3-4-20-15(9)10/h1-2,5-7H,3-4,8,18H2. The van der Waals surface area contributed by atoms with Crippen LogP contribution in [0.15, 0.2) is 39.7 Å². The largest absolute Gasteiger partial charge is 0.493 e. The first kappa shape index (κ1) is 14.9. The summed E-state index contributed by atoms with van der Waals surface area (Å²) in [5, 5.41) is 0.647. The van der Waals surface area contributed by atoms with Gasteiger partial charge in [0, 0.05) is 27.2 Å². The highest BCUT2D eigenvalue weighted by Crippen LogP contribution is 2.35. The normalized spacial score (nSPS) is 14.6. The highest BCUT2D eigenvalue weighted by Gasteiger charge is 2.20. The van der Waals surface area contributed by atoms with Gasteiger partial charge >= 0.3 is 0 Å². The van der Waals surface area contributed by atoms with Crippen LogP contribution in [0.4, 0.5) is 5.69 Å². The number of anilines is 1. The Bertz CT molecular complexity index is 736. The lowest BCUT2D eigenvalue weighted by Crippen LogP contribution is -2.02. The van der Waals surface area contributed by atoms with Crippen molar-refractivity contribution in [3.8, 4) is 5.75 Å². The number of nitrogens with two attached hydrogens (primary N) is 1. The second-order valence-electron chi connectivity index (χ2n) is 4.82. The molecule has 0 spiro atoms. The molecule has 0 saturated carbocycles. The molecule has 3 rings (SSSR count). The average molecular weight is 387 g/mol. The fourth-order valence-corrected chi connectivity index (χ4v) is 4.40. The quantitative estimate of drug-likeness (QED) is 0.813. The SMILES string of the molecule is Nc1ccc(Br)cc1S(=O)Cc1cc(Cl)cc2c1OCC2. The van der Waals surface area contributed by atoms with E-state index in [2.05, 4.69) is 15.9 Å². The maximum atomic E-state index is 12.6. The molecule has 0 amide bonds. The minimum absolute atomic E-state index is 0.337. The molecule has 21 heavy (non-hydrogen) atoms. The van der Waals surface area contributed by atoms with Crippen molar-refractivity contribution in [1.29, 1.82) is 0 Å². The summed E-state index contributed by atoms with van der Waals surface area (Å²) in [6.45, 7) is 0.647. The van der Waals surface area contributed by atoms with Gasteiger partial charge in [0.1, 0.15) is 5.75 Å². The molecule has 110 valence electrons. The van der Waals surface area contributed by atoms with Crippen molar-refractivity contribution >= 4 is 44.0 Å². The van der Waals surface area contributed by atoms with E-state index in [0.717, 1.165) is 27.8 Å². The highest BCUT2D eigenvalue weighted by molar-refractivity contribution is 9.10. The molecule has 3 nitrogen and oxygen atoms in total. The summed E-state index contributed by atoms with van der Waals surface area (Å²) < 4.78 is 19.1. The first-order valence-corrected chi connectivity index (χ1v) is 8.91. The van der Waals surface area contributed by atoms with Crippen molar-refractivity contribution in [2.45, 2.75) is 17.1 Å². The Kier molecular flexibility index (Phi) is 4.24. The van der Waals surface area contributed by atoms with Crippen molar-refractivity contribution in [3.63, 3.8) is 0 Å². The number of halogens is 2. The van der Waals surface area contributed by atoms with Gasteiger partial charge in [-0.1, -0.05) is 27.5 Å². The Balaban J connectivity index is 1.94. The lowest BCUT2D eigenvalue weighted by atomic mass is 10.1. The minimum Gasteiger partial charge on any atom is -0.493 e. The molecule has 1 atom stereocenters. The Morgan fingerprint density at radius 1 is 1.33 bits per heavy atom. The van der Waals surface area contributed by atoms with Crippen LogP contribution >= 0.6 is 27.5 Å². The number of nitrogen functional groups attached to an aromatic ring is 1. The van der Waals surface area contributed by atoms with E-state index < -0.39 is 10.8 Å². The molecule has 0 radical (unpaired) electrons. The number of rotatable bonds is 3. The van der Waals surface area contributed by atoms with Crippen molar-refractivity contribution < 1.29 is 8.95 Å². The van der Waals surface area contributed by atoms with Crippen molar-refractivity contribution in [1.82, 2.24) is 0 Å². The number of fused-ring (bicyclic) bond motifs is 1. The van der Waals surface area contributed by atoms with Gasteiger partial charge in [0.2, 0.25) is 0 Å². The molecule has 0 fully saturated rings. The number of ether oxygens (including phenoxy) is 1. The summed E-state index contributed by atoms with van der Waals surface area (Å²) in [4.78, 5) is 0.621. The Labute approximate surface area is 139 Å². The maximum absolute atomic E-state index is 12.6. The third kappa shape index (κ3) is 3.10. The Hall–Kier alpha value is -1.04. The summed E-state index contributed by atoms with van der Waals surface area (Å²) in [5.41, 5.74) is 8.39. The molecule has 1 aliphatic heterocycles. The summed E-state index contributed by atoms with van der Waals surface area (Å²) in [7, 11) is -1.25. The van der Waals surface area contributed by atoms with Gasteiger partial charge in [-0.05, 0) is 35.9 Å². The van der Waals surface area contributed by atoms with Crippen LogP contribution in [0.5, 0.6) is 5.75 Å². The van der Waals surface area contributed by atoms with Crippen molar-refractivity contribution in [2.24, 2.45) is 0 Å². The van der Waals surface area contributed by atoms with E-state index in [9.17, 15) is 4.21 Å². The second-order valence-corrected chi connectivity index (χ2v) is 7.60. The molecule has 0 aromatic heterocycles. The fraction of sp³-hybridized carbons (Fsp3) is 0.200. The predicted octanol–water partition coefficient (Wildman–Crippen LogP) is 3.93. The minimum atomic E-state index is -1.25. The van der Waals surface area contributed by atoms with Gasteiger partial charge in [-0.15, -0.1) is 0 Å². The molecular weight excluding hydrogens is 374 g/mol. The van der Waals surface area contributed by atoms with Crippen LogP contribution in [0.1, 0.15) is 11.1 Å². The van der Waals surface area contributed by atoms with Crippen LogP contribution in [0.25, 0.3) is 0 Å². The molecule has 1 aliphatic rings. The average Bonchev–Trinajstić information content (AvgIpc) is 2.89. The van der Waals surface area contributed by atoms with Crippen LogP contribution in [0.2, 0.25) is 5.02 Å². The number of hydrogen-bond acceptors (Lipinski definition) is 3. The van der Waals surface area contributed by atoms with Crippen LogP contribution in [-0.2, 0) is 23.0 Å². The zero-order chi connectivity index (χ0) is 15.0. The topological polar surface area (TPSA) is 52.3 Å². The van der Waals surface area contributed by atoms with E-state index in [0.29, 0.717) is 28.0 Å². The van der Waals surface area contributed by atoms with Gasteiger partial charge in [-0.25, -0.2) is 0 Å². The van der Waals surface area contributed by atoms with Crippen LogP contribution in [0.3, 0.4) is 0 Å². The number of hydrogen-bond donors (Lipinski definition) is 1. The van der Waals surface area contributed by atoms with Gasteiger partial charge in [0.05, 0.1) is 28.1 Å². The zero-order valence-electron chi connectivity index (χ0n) is 11.1. The van der Waals surface area contributed by atoms with E-state index >= 15 is 0 Å². The predicted molar refractivity (Wildman–Crippen MR) is 89.3 cm³/mol. The van der Waals surface area contributed by atoms with Crippen molar-refractivity contribution in [2.75, 3.05) is 12.3 Å². The monoisotopic (exact) mass is 385 g/mol. The molecule has 2 N–H and O–H groups in total. The van der Waals surface area contributed by atoms with Gasteiger partial charge in [-0.2, -0.15) is 0 Å². The molecule has 0 saturated heterocycles. The van der Waals surface area contributed by atoms with Gasteiger partial charge in [0.15, 0.2) is 0 Å². The first-order chi connectivity index (χ1) is 10.0. The van der Waals surface area contributed by atoms with E-state index in [-0.39, 0.29) is 0 Å². The lowest BCUT2D eigenvalue weighted by molar-refractivity contribution is 0.354. The maximum Gasteiger partial charge on any atom is 0.126 e. The third-order valence-electron chi connectivity index (χ3n) is 3.33. The first-order valence-electron chi connectivity index (χ1n) is 6.42. The Morgan fingerprint density at radius 2 is 2.14 bits per heavy atom. The molecular formula is C15H13BrClNO2S. The second kappa shape index (κ2) is 5.99. The summed E-state index contributed by atoms with van der Waals surface area (Å²) in [6.07, 6.45) is 0.842. The Morgan fingerprint density at radius 3 is 2.95 bits per heavy atom. The van der Waals surface area contributed by atoms with E-state index in [1.54, 1.807) is 12.1 Å². The van der Waals surface area contributed by atoms with Crippen molar-refractivity contribution in [3.05, 3.63) is 51.0 Å². The van der Waals surface area contributed by atoms with Gasteiger partial charge < -0.3 is 10.5 Å². The molecule has 0 bridgehead atoms. The van der Waals surface area contributed by atoms with Crippen LogP contribution in [0, 0.1) is 0 Å². The molecule has 2 aromatic carbocycles. The molecule has 6 heteroatoms. The lowest BCUT2D eigenvalue weighted by Gasteiger charge is -2.10. The summed E-state index contributed by atoms with van der Waals surface area (Å²) in [6, 6.07) is 9.09.